The summed E-state index contributed by atoms with van der Waals surface area (Å²) in [6.07, 6.45) is 0. The van der Waals surface area contributed by atoms with Gasteiger partial charge in [0.1, 0.15) is 0 Å². The predicted octanol–water partition coefficient (Wildman–Crippen LogP) is -1.56. The molecule has 1 aliphatic heterocycles. The minimum absolute atomic E-state index is 0.0174. The zero-order valence-corrected chi connectivity index (χ0v) is 10.9. The van der Waals surface area contributed by atoms with E-state index in [9.17, 15) is 9.59 Å². The quantitative estimate of drug-likeness (QED) is 0.648. The molecule has 0 aromatic heterocycles. The van der Waals surface area contributed by atoms with Gasteiger partial charge in [-0.1, -0.05) is 0 Å². The van der Waals surface area contributed by atoms with Crippen molar-refractivity contribution in [1.29, 1.82) is 0 Å². The molecule has 1 aliphatic rings. The lowest BCUT2D eigenvalue weighted by atomic mass is 10.3. The molecule has 6 heteroatoms. The highest BCUT2D eigenvalue weighted by molar-refractivity contribution is 5.81. The number of carbonyl (C=O) groups is 2. The van der Waals surface area contributed by atoms with Crippen molar-refractivity contribution in [2.75, 3.05) is 60.4 Å². The molecule has 1 rings (SSSR count). The summed E-state index contributed by atoms with van der Waals surface area (Å²) in [7, 11) is 5.45. The average molecular weight is 242 g/mol. The van der Waals surface area contributed by atoms with Crippen LogP contribution in [-0.2, 0) is 9.59 Å². The van der Waals surface area contributed by atoms with E-state index in [0.717, 1.165) is 26.2 Å². The molecule has 0 aromatic rings. The van der Waals surface area contributed by atoms with Crippen molar-refractivity contribution in [3.05, 3.63) is 0 Å². The van der Waals surface area contributed by atoms with Gasteiger partial charge >= 0.3 is 0 Å². The highest BCUT2D eigenvalue weighted by Crippen LogP contribution is 1.98. The molecule has 1 saturated heterocycles. The van der Waals surface area contributed by atoms with E-state index < -0.39 is 0 Å². The third-order valence-corrected chi connectivity index (χ3v) is 2.91. The first-order valence-corrected chi connectivity index (χ1v) is 5.88. The summed E-state index contributed by atoms with van der Waals surface area (Å²) < 4.78 is 0. The molecule has 0 unspecified atom stereocenters. The molecule has 0 aromatic carbocycles. The Morgan fingerprint density at radius 2 is 1.71 bits per heavy atom. The van der Waals surface area contributed by atoms with Gasteiger partial charge in [-0.25, -0.2) is 0 Å². The maximum Gasteiger partial charge on any atom is 0.236 e. The lowest BCUT2D eigenvalue weighted by molar-refractivity contribution is -0.132. The van der Waals surface area contributed by atoms with Gasteiger partial charge in [-0.15, -0.1) is 0 Å². The van der Waals surface area contributed by atoms with Gasteiger partial charge in [0.05, 0.1) is 13.1 Å². The molecule has 0 saturated carbocycles. The Labute approximate surface area is 103 Å². The fraction of sp³-hybridized carbons (Fsp3) is 0.818. The summed E-state index contributed by atoms with van der Waals surface area (Å²) in [4.78, 5) is 28.6. The number of nitrogens with one attached hydrogen (secondary N) is 1. The van der Waals surface area contributed by atoms with Crippen molar-refractivity contribution in [2.45, 2.75) is 0 Å². The Morgan fingerprint density at radius 1 is 1.12 bits per heavy atom. The number of hydrogen-bond acceptors (Lipinski definition) is 4. The van der Waals surface area contributed by atoms with Crippen molar-refractivity contribution in [2.24, 2.45) is 0 Å². The van der Waals surface area contributed by atoms with Crippen molar-refractivity contribution in [3.63, 3.8) is 0 Å². The molecule has 1 N–H and O–H groups in total. The molecule has 2 amide bonds. The number of hydrogen-bond donors (Lipinski definition) is 1. The van der Waals surface area contributed by atoms with Crippen LogP contribution in [0.3, 0.4) is 0 Å². The lowest BCUT2D eigenvalue weighted by Gasteiger charge is -2.32. The number of likely N-dealkylation sites (N-methyl/N-ethyl adjacent to an activating group) is 2. The van der Waals surface area contributed by atoms with E-state index >= 15 is 0 Å². The molecule has 0 aliphatic carbocycles. The maximum absolute atomic E-state index is 11.8. The first-order valence-electron chi connectivity index (χ1n) is 5.88. The van der Waals surface area contributed by atoms with Gasteiger partial charge in [0.25, 0.3) is 0 Å². The number of nitrogens with zero attached hydrogens (tertiary/aromatic N) is 3. The fourth-order valence-electron chi connectivity index (χ4n) is 1.60. The Hall–Kier alpha value is -1.14. The number of amides is 2. The summed E-state index contributed by atoms with van der Waals surface area (Å²) in [6, 6.07) is 0. The van der Waals surface area contributed by atoms with Gasteiger partial charge in [0.2, 0.25) is 11.8 Å². The van der Waals surface area contributed by atoms with E-state index in [0.29, 0.717) is 0 Å². The predicted molar refractivity (Wildman–Crippen MR) is 65.6 cm³/mol. The molecule has 0 spiro atoms. The third-order valence-electron chi connectivity index (χ3n) is 2.91. The molecule has 0 bridgehead atoms. The highest BCUT2D eigenvalue weighted by atomic mass is 16.2. The molecule has 1 fully saturated rings. The van der Waals surface area contributed by atoms with E-state index in [2.05, 4.69) is 17.3 Å². The van der Waals surface area contributed by atoms with Crippen LogP contribution < -0.4 is 5.32 Å². The molecule has 98 valence electrons. The standard InChI is InChI=1S/C11H22N4O2/c1-13(2)10(16)8-12-9-11(17)15-6-4-14(3)5-7-15/h12H,4-9H2,1-3H3. The smallest absolute Gasteiger partial charge is 0.236 e. The maximum atomic E-state index is 11.8. The van der Waals surface area contributed by atoms with E-state index in [-0.39, 0.29) is 24.9 Å². The van der Waals surface area contributed by atoms with Gasteiger partial charge in [-0.3, -0.25) is 14.9 Å². The van der Waals surface area contributed by atoms with Crippen molar-refractivity contribution >= 4 is 11.8 Å². The van der Waals surface area contributed by atoms with Crippen LogP contribution in [0.5, 0.6) is 0 Å². The van der Waals surface area contributed by atoms with Crippen LogP contribution in [0, 0.1) is 0 Å². The molecule has 0 atom stereocenters. The van der Waals surface area contributed by atoms with Gasteiger partial charge < -0.3 is 14.7 Å². The van der Waals surface area contributed by atoms with E-state index in [1.807, 2.05) is 4.90 Å². The van der Waals surface area contributed by atoms with Crippen molar-refractivity contribution in [1.82, 2.24) is 20.0 Å². The first kappa shape index (κ1) is 13.9. The minimum Gasteiger partial charge on any atom is -0.348 e. The first-order chi connectivity index (χ1) is 8.00. The van der Waals surface area contributed by atoms with Crippen molar-refractivity contribution in [3.8, 4) is 0 Å². The summed E-state index contributed by atoms with van der Waals surface area (Å²) in [5.41, 5.74) is 0. The van der Waals surface area contributed by atoms with Crippen LogP contribution in [0.4, 0.5) is 0 Å². The largest absolute Gasteiger partial charge is 0.348 e. The summed E-state index contributed by atoms with van der Waals surface area (Å²) in [5.74, 6) is 0.0563. The second-order valence-electron chi connectivity index (χ2n) is 4.58. The van der Waals surface area contributed by atoms with Gasteiger partial charge in [0.15, 0.2) is 0 Å². The van der Waals surface area contributed by atoms with Crippen LogP contribution in [-0.4, -0.2) is 86.9 Å². The summed E-state index contributed by atoms with van der Waals surface area (Å²) in [5, 5.41) is 2.88. The van der Waals surface area contributed by atoms with Crippen LogP contribution in [0.25, 0.3) is 0 Å². The summed E-state index contributed by atoms with van der Waals surface area (Å²) in [6.45, 7) is 3.85. The van der Waals surface area contributed by atoms with Crippen LogP contribution in [0.15, 0.2) is 0 Å². The van der Waals surface area contributed by atoms with Gasteiger partial charge in [-0.05, 0) is 7.05 Å². The number of rotatable bonds is 4. The molecular weight excluding hydrogens is 220 g/mol. The summed E-state index contributed by atoms with van der Waals surface area (Å²) >= 11 is 0. The SMILES string of the molecule is CN1CCN(C(=O)CNCC(=O)N(C)C)CC1. The number of piperazine rings is 1. The second kappa shape index (κ2) is 6.56. The van der Waals surface area contributed by atoms with Crippen LogP contribution >= 0.6 is 0 Å². The van der Waals surface area contributed by atoms with Gasteiger partial charge in [-0.2, -0.15) is 0 Å². The molecule has 17 heavy (non-hydrogen) atoms. The molecular formula is C11H22N4O2. The Balaban J connectivity index is 2.19. The molecule has 1 heterocycles. The van der Waals surface area contributed by atoms with Crippen molar-refractivity contribution < 1.29 is 9.59 Å². The van der Waals surface area contributed by atoms with Crippen LogP contribution in [0.2, 0.25) is 0 Å². The third kappa shape index (κ3) is 4.70. The fourth-order valence-corrected chi connectivity index (χ4v) is 1.60. The average Bonchev–Trinajstić information content (AvgIpc) is 2.29. The van der Waals surface area contributed by atoms with E-state index in [4.69, 9.17) is 0 Å². The Bertz CT molecular complexity index is 273. The molecule has 6 nitrogen and oxygen atoms in total. The van der Waals surface area contributed by atoms with Gasteiger partial charge in [0, 0.05) is 40.3 Å². The number of carbonyl (C=O) groups excluding carboxylic acids is 2. The van der Waals surface area contributed by atoms with E-state index in [1.165, 1.54) is 4.90 Å². The minimum atomic E-state index is -0.0174. The van der Waals surface area contributed by atoms with E-state index in [1.54, 1.807) is 14.1 Å². The zero-order chi connectivity index (χ0) is 12.8. The molecule has 0 radical (unpaired) electrons. The monoisotopic (exact) mass is 242 g/mol. The lowest BCUT2D eigenvalue weighted by Crippen LogP contribution is -2.50. The van der Waals surface area contributed by atoms with Crippen LogP contribution in [0.1, 0.15) is 0 Å². The Morgan fingerprint density at radius 3 is 2.24 bits per heavy atom. The Kier molecular flexibility index (Phi) is 5.37. The zero-order valence-electron chi connectivity index (χ0n) is 10.9. The normalized spacial score (nSPS) is 17.0. The topological polar surface area (TPSA) is 55.9 Å². The highest BCUT2D eigenvalue weighted by Gasteiger charge is 2.18. The second-order valence-corrected chi connectivity index (χ2v) is 4.58.